The highest BCUT2D eigenvalue weighted by Crippen LogP contribution is 2.48. The lowest BCUT2D eigenvalue weighted by molar-refractivity contribution is 0.0275. The van der Waals surface area contributed by atoms with Crippen LogP contribution < -0.4 is 0 Å². The number of hydrogen-bond acceptors (Lipinski definition) is 3. The number of fused-ring (bicyclic) bond motifs is 1. The molecule has 1 saturated heterocycles. The van der Waals surface area contributed by atoms with Gasteiger partial charge >= 0.3 is 0 Å². The fraction of sp³-hybridized carbons (Fsp3) is 0.688. The third-order valence-electron chi connectivity index (χ3n) is 5.00. The second-order valence-electron chi connectivity index (χ2n) is 6.44. The minimum absolute atomic E-state index is 0.435. The van der Waals surface area contributed by atoms with Crippen molar-refractivity contribution in [3.8, 4) is 0 Å². The van der Waals surface area contributed by atoms with Gasteiger partial charge in [0.25, 0.3) is 0 Å². The SMILES string of the molecule is Cc1ccncc1COC[C@@]12CCC[C@@H]1CN(C)C2. The van der Waals surface area contributed by atoms with Crippen LogP contribution in [-0.4, -0.2) is 36.6 Å². The van der Waals surface area contributed by atoms with E-state index in [0.717, 1.165) is 12.5 Å². The molecular weight excluding hydrogens is 236 g/mol. The van der Waals surface area contributed by atoms with Crippen LogP contribution in [0.4, 0.5) is 0 Å². The van der Waals surface area contributed by atoms with Gasteiger partial charge in [-0.15, -0.1) is 0 Å². The molecule has 0 N–H and O–H groups in total. The van der Waals surface area contributed by atoms with E-state index < -0.39 is 0 Å². The lowest BCUT2D eigenvalue weighted by Crippen LogP contribution is -2.31. The lowest BCUT2D eigenvalue weighted by atomic mass is 9.81. The van der Waals surface area contributed by atoms with Gasteiger partial charge in [0.15, 0.2) is 0 Å². The largest absolute Gasteiger partial charge is 0.376 e. The van der Waals surface area contributed by atoms with Crippen molar-refractivity contribution in [3.63, 3.8) is 0 Å². The van der Waals surface area contributed by atoms with Gasteiger partial charge in [-0.1, -0.05) is 6.42 Å². The first-order chi connectivity index (χ1) is 9.20. The highest BCUT2D eigenvalue weighted by molar-refractivity contribution is 5.20. The third-order valence-corrected chi connectivity index (χ3v) is 5.00. The maximum Gasteiger partial charge on any atom is 0.0734 e. The van der Waals surface area contributed by atoms with Gasteiger partial charge < -0.3 is 9.64 Å². The summed E-state index contributed by atoms with van der Waals surface area (Å²) in [6.07, 6.45) is 7.89. The topological polar surface area (TPSA) is 25.4 Å². The molecule has 19 heavy (non-hydrogen) atoms. The Morgan fingerprint density at radius 3 is 3.26 bits per heavy atom. The number of aromatic nitrogens is 1. The molecular formula is C16H24N2O. The van der Waals surface area contributed by atoms with Crippen LogP contribution in [0.2, 0.25) is 0 Å². The Morgan fingerprint density at radius 1 is 1.53 bits per heavy atom. The van der Waals surface area contributed by atoms with E-state index in [1.54, 1.807) is 0 Å². The first-order valence-corrected chi connectivity index (χ1v) is 7.35. The Kier molecular flexibility index (Phi) is 3.59. The van der Waals surface area contributed by atoms with Crippen molar-refractivity contribution in [2.24, 2.45) is 11.3 Å². The van der Waals surface area contributed by atoms with E-state index in [-0.39, 0.29) is 0 Å². The van der Waals surface area contributed by atoms with Crippen LogP contribution >= 0.6 is 0 Å². The van der Waals surface area contributed by atoms with Crippen molar-refractivity contribution in [2.45, 2.75) is 32.8 Å². The van der Waals surface area contributed by atoms with E-state index in [1.807, 2.05) is 12.4 Å². The van der Waals surface area contributed by atoms with Gasteiger partial charge in [-0.3, -0.25) is 4.98 Å². The summed E-state index contributed by atoms with van der Waals surface area (Å²) >= 11 is 0. The molecule has 2 heterocycles. The van der Waals surface area contributed by atoms with Gasteiger partial charge in [0.1, 0.15) is 0 Å². The zero-order valence-corrected chi connectivity index (χ0v) is 12.1. The molecule has 0 bridgehead atoms. The van der Waals surface area contributed by atoms with Gasteiger partial charge in [0.2, 0.25) is 0 Å². The quantitative estimate of drug-likeness (QED) is 0.832. The summed E-state index contributed by atoms with van der Waals surface area (Å²) in [4.78, 5) is 6.66. The molecule has 0 unspecified atom stereocenters. The molecule has 3 heteroatoms. The maximum atomic E-state index is 6.07. The summed E-state index contributed by atoms with van der Waals surface area (Å²) in [5, 5.41) is 0. The maximum absolute atomic E-state index is 6.07. The summed E-state index contributed by atoms with van der Waals surface area (Å²) < 4.78 is 6.07. The molecule has 0 radical (unpaired) electrons. The highest BCUT2D eigenvalue weighted by atomic mass is 16.5. The number of nitrogens with zero attached hydrogens (tertiary/aromatic N) is 2. The molecule has 3 nitrogen and oxygen atoms in total. The number of rotatable bonds is 4. The molecule has 1 aromatic rings. The normalized spacial score (nSPS) is 30.7. The van der Waals surface area contributed by atoms with Gasteiger partial charge in [0.05, 0.1) is 13.2 Å². The summed E-state index contributed by atoms with van der Waals surface area (Å²) in [6, 6.07) is 2.05. The number of ether oxygens (including phenoxy) is 1. The zero-order valence-electron chi connectivity index (χ0n) is 12.1. The van der Waals surface area contributed by atoms with Crippen LogP contribution in [0.15, 0.2) is 18.5 Å². The van der Waals surface area contributed by atoms with E-state index in [1.165, 1.54) is 43.5 Å². The Bertz CT molecular complexity index is 448. The van der Waals surface area contributed by atoms with Gasteiger partial charge in [-0.2, -0.15) is 0 Å². The summed E-state index contributed by atoms with van der Waals surface area (Å²) in [6.45, 7) is 6.22. The van der Waals surface area contributed by atoms with Crippen molar-refractivity contribution in [1.29, 1.82) is 0 Å². The van der Waals surface area contributed by atoms with Gasteiger partial charge in [-0.25, -0.2) is 0 Å². The molecule has 1 saturated carbocycles. The minimum atomic E-state index is 0.435. The van der Waals surface area contributed by atoms with Crippen LogP contribution in [0, 0.1) is 18.3 Å². The molecule has 3 rings (SSSR count). The van der Waals surface area contributed by atoms with Crippen molar-refractivity contribution < 1.29 is 4.74 Å². The van der Waals surface area contributed by atoms with E-state index in [4.69, 9.17) is 4.74 Å². The van der Waals surface area contributed by atoms with Gasteiger partial charge in [0, 0.05) is 30.9 Å². The Morgan fingerprint density at radius 2 is 2.42 bits per heavy atom. The smallest absolute Gasteiger partial charge is 0.0734 e. The second kappa shape index (κ2) is 5.22. The number of aryl methyl sites for hydroxylation is 1. The van der Waals surface area contributed by atoms with Crippen molar-refractivity contribution in [3.05, 3.63) is 29.6 Å². The van der Waals surface area contributed by atoms with E-state index in [2.05, 4.69) is 29.9 Å². The van der Waals surface area contributed by atoms with E-state index >= 15 is 0 Å². The van der Waals surface area contributed by atoms with E-state index in [0.29, 0.717) is 12.0 Å². The molecule has 0 aromatic carbocycles. The molecule has 2 fully saturated rings. The highest BCUT2D eigenvalue weighted by Gasteiger charge is 2.48. The summed E-state index contributed by atoms with van der Waals surface area (Å²) in [5.41, 5.74) is 2.93. The second-order valence-corrected chi connectivity index (χ2v) is 6.44. The molecule has 0 spiro atoms. The van der Waals surface area contributed by atoms with Gasteiger partial charge in [-0.05, 0) is 49.9 Å². The summed E-state index contributed by atoms with van der Waals surface area (Å²) in [5.74, 6) is 0.854. The van der Waals surface area contributed by atoms with Crippen molar-refractivity contribution in [2.75, 3.05) is 26.7 Å². The number of hydrogen-bond donors (Lipinski definition) is 0. The molecule has 0 amide bonds. The molecule has 104 valence electrons. The number of pyridine rings is 1. The standard InChI is InChI=1S/C16H24N2O/c1-13-5-7-17-8-14(13)10-19-12-16-6-3-4-15(16)9-18(2)11-16/h5,7-8,15H,3-4,6,9-12H2,1-2H3/t15-,16+/m1/s1. The van der Waals surface area contributed by atoms with Crippen molar-refractivity contribution in [1.82, 2.24) is 9.88 Å². The van der Waals surface area contributed by atoms with Crippen LogP contribution in [0.1, 0.15) is 30.4 Å². The average molecular weight is 260 g/mol. The Hall–Kier alpha value is -0.930. The van der Waals surface area contributed by atoms with Crippen LogP contribution in [0.5, 0.6) is 0 Å². The fourth-order valence-electron chi connectivity index (χ4n) is 3.93. The Labute approximate surface area is 116 Å². The molecule has 1 aromatic heterocycles. The fourth-order valence-corrected chi connectivity index (χ4v) is 3.93. The van der Waals surface area contributed by atoms with E-state index in [9.17, 15) is 0 Å². The molecule has 1 aliphatic carbocycles. The van der Waals surface area contributed by atoms with Crippen LogP contribution in [0.25, 0.3) is 0 Å². The van der Waals surface area contributed by atoms with Crippen LogP contribution in [0.3, 0.4) is 0 Å². The predicted octanol–water partition coefficient (Wildman–Crippen LogP) is 2.64. The minimum Gasteiger partial charge on any atom is -0.376 e. The average Bonchev–Trinajstić information content (AvgIpc) is 2.87. The zero-order chi connectivity index (χ0) is 13.3. The number of likely N-dealkylation sites (tertiary alicyclic amines) is 1. The monoisotopic (exact) mass is 260 g/mol. The third kappa shape index (κ3) is 2.54. The predicted molar refractivity (Wildman–Crippen MR) is 75.9 cm³/mol. The molecule has 1 aliphatic heterocycles. The summed E-state index contributed by atoms with van der Waals surface area (Å²) in [7, 11) is 2.24. The van der Waals surface area contributed by atoms with Crippen molar-refractivity contribution >= 4 is 0 Å². The lowest BCUT2D eigenvalue weighted by Gasteiger charge is -2.28. The molecule has 2 atom stereocenters. The first-order valence-electron chi connectivity index (χ1n) is 7.35. The first kappa shape index (κ1) is 13.1. The molecule has 2 aliphatic rings. The Balaban J connectivity index is 1.59. The van der Waals surface area contributed by atoms with Crippen LogP contribution in [-0.2, 0) is 11.3 Å².